The first-order chi connectivity index (χ1) is 14.2. The number of hydrogen-bond acceptors (Lipinski definition) is 5. The maximum absolute atomic E-state index is 12.6. The van der Waals surface area contributed by atoms with E-state index in [9.17, 15) is 4.79 Å². The molecular weight excluding hydrogens is 362 g/mol. The van der Waals surface area contributed by atoms with Gasteiger partial charge in [-0.25, -0.2) is 4.98 Å². The summed E-state index contributed by atoms with van der Waals surface area (Å²) in [4.78, 5) is 22.9. The first-order valence-corrected chi connectivity index (χ1v) is 10.9. The monoisotopic (exact) mass is 393 g/mol. The van der Waals surface area contributed by atoms with Gasteiger partial charge in [0.1, 0.15) is 11.6 Å². The molecule has 2 aromatic rings. The second-order valence-corrected chi connectivity index (χ2v) is 8.40. The number of anilines is 1. The highest BCUT2D eigenvalue weighted by atomic mass is 16.1. The molecule has 0 radical (unpaired) electrons. The summed E-state index contributed by atoms with van der Waals surface area (Å²) in [5, 5.41) is 11.2. The van der Waals surface area contributed by atoms with Crippen LogP contribution in [0.3, 0.4) is 0 Å². The molecule has 1 aromatic carbocycles. The van der Waals surface area contributed by atoms with E-state index in [4.69, 9.17) is 10.4 Å². The standard InChI is InChI=1S/C23H31N5O/c24-14-20-22(25-19-11-5-2-6-12-19)26-21(27-23(20)29)18-10-7-13-28(16-18)15-17-8-3-1-4-9-17/h1,3-4,8-9,14,18-19,24H,2,5-7,10-13,15-16H2,(H2,25,26,27,29). The zero-order valence-electron chi connectivity index (χ0n) is 17.0. The topological polar surface area (TPSA) is 84.9 Å². The van der Waals surface area contributed by atoms with Crippen molar-refractivity contribution >= 4 is 12.0 Å². The van der Waals surface area contributed by atoms with E-state index in [1.807, 2.05) is 6.07 Å². The fourth-order valence-electron chi connectivity index (χ4n) is 4.64. The molecule has 2 heterocycles. The van der Waals surface area contributed by atoms with Crippen molar-refractivity contribution < 1.29 is 0 Å². The Morgan fingerprint density at radius 2 is 1.93 bits per heavy atom. The minimum atomic E-state index is -0.205. The van der Waals surface area contributed by atoms with E-state index in [2.05, 4.69) is 39.5 Å². The average Bonchev–Trinajstić information content (AvgIpc) is 2.75. The van der Waals surface area contributed by atoms with Crippen molar-refractivity contribution in [3.63, 3.8) is 0 Å². The molecule has 1 unspecified atom stereocenters. The Hall–Kier alpha value is -2.47. The number of likely N-dealkylation sites (tertiary alicyclic amines) is 1. The number of nitrogens with one attached hydrogen (secondary N) is 3. The lowest BCUT2D eigenvalue weighted by Crippen LogP contribution is -2.36. The van der Waals surface area contributed by atoms with Crippen LogP contribution in [0.4, 0.5) is 5.82 Å². The number of piperidine rings is 1. The summed E-state index contributed by atoms with van der Waals surface area (Å²) in [5.74, 6) is 1.56. The SMILES string of the molecule is N=Cc1c(NC2CCCCC2)nc(C2CCCN(Cc3ccccc3)C2)[nH]c1=O. The Morgan fingerprint density at radius 3 is 2.69 bits per heavy atom. The largest absolute Gasteiger partial charge is 0.367 e. The lowest BCUT2D eigenvalue weighted by atomic mass is 9.95. The van der Waals surface area contributed by atoms with Gasteiger partial charge in [0.05, 0.1) is 5.56 Å². The van der Waals surface area contributed by atoms with Gasteiger partial charge in [0.15, 0.2) is 0 Å². The lowest BCUT2D eigenvalue weighted by Gasteiger charge is -2.32. The Morgan fingerprint density at radius 1 is 1.14 bits per heavy atom. The highest BCUT2D eigenvalue weighted by Crippen LogP contribution is 2.27. The quantitative estimate of drug-likeness (QED) is 0.650. The van der Waals surface area contributed by atoms with Crippen LogP contribution in [0.1, 0.15) is 67.8 Å². The van der Waals surface area contributed by atoms with E-state index in [0.717, 1.165) is 57.4 Å². The van der Waals surface area contributed by atoms with Gasteiger partial charge in [-0.15, -0.1) is 0 Å². The number of H-pyrrole nitrogens is 1. The van der Waals surface area contributed by atoms with Crippen molar-refractivity contribution in [3.8, 4) is 0 Å². The Labute approximate surface area is 172 Å². The van der Waals surface area contributed by atoms with E-state index in [1.54, 1.807) is 0 Å². The van der Waals surface area contributed by atoms with Crippen molar-refractivity contribution in [2.45, 2.75) is 63.5 Å². The van der Waals surface area contributed by atoms with Gasteiger partial charge in [0.2, 0.25) is 0 Å². The molecule has 4 rings (SSSR count). The molecule has 1 saturated carbocycles. The van der Waals surface area contributed by atoms with Crippen LogP contribution in [0, 0.1) is 5.41 Å². The summed E-state index contributed by atoms with van der Waals surface area (Å²) in [5.41, 5.74) is 1.45. The van der Waals surface area contributed by atoms with Gasteiger partial charge in [0.25, 0.3) is 5.56 Å². The smallest absolute Gasteiger partial charge is 0.261 e. The van der Waals surface area contributed by atoms with Gasteiger partial charge in [0, 0.05) is 31.3 Å². The van der Waals surface area contributed by atoms with Crippen molar-refractivity contribution in [1.29, 1.82) is 5.41 Å². The third-order valence-electron chi connectivity index (χ3n) is 6.21. The van der Waals surface area contributed by atoms with Gasteiger partial charge in [-0.2, -0.15) is 0 Å². The Kier molecular flexibility index (Phi) is 6.39. The summed E-state index contributed by atoms with van der Waals surface area (Å²) in [6.07, 6.45) is 9.17. The average molecular weight is 394 g/mol. The normalized spacial score (nSPS) is 21.0. The van der Waals surface area contributed by atoms with Gasteiger partial charge in [-0.05, 0) is 37.8 Å². The molecular formula is C23H31N5O. The first kappa shape index (κ1) is 19.8. The Bertz CT molecular complexity index is 873. The summed E-state index contributed by atoms with van der Waals surface area (Å²) in [6, 6.07) is 10.9. The zero-order valence-corrected chi connectivity index (χ0v) is 17.0. The number of benzene rings is 1. The van der Waals surface area contributed by atoms with Gasteiger partial charge >= 0.3 is 0 Å². The van der Waals surface area contributed by atoms with Crippen LogP contribution in [0.15, 0.2) is 35.1 Å². The van der Waals surface area contributed by atoms with E-state index >= 15 is 0 Å². The summed E-state index contributed by atoms with van der Waals surface area (Å²) in [7, 11) is 0. The van der Waals surface area contributed by atoms with Crippen molar-refractivity contribution in [2.75, 3.05) is 18.4 Å². The fourth-order valence-corrected chi connectivity index (χ4v) is 4.64. The molecule has 2 aliphatic rings. The first-order valence-electron chi connectivity index (χ1n) is 10.9. The molecule has 0 bridgehead atoms. The molecule has 0 spiro atoms. The minimum Gasteiger partial charge on any atom is -0.367 e. The van der Waals surface area contributed by atoms with Gasteiger partial charge < -0.3 is 15.7 Å². The molecule has 154 valence electrons. The van der Waals surface area contributed by atoms with Crippen molar-refractivity contribution in [1.82, 2.24) is 14.9 Å². The Balaban J connectivity index is 1.52. The minimum absolute atomic E-state index is 0.205. The van der Waals surface area contributed by atoms with Crippen LogP contribution < -0.4 is 10.9 Å². The van der Waals surface area contributed by atoms with Crippen LogP contribution in [-0.4, -0.2) is 40.2 Å². The molecule has 29 heavy (non-hydrogen) atoms. The van der Waals surface area contributed by atoms with E-state index < -0.39 is 0 Å². The molecule has 6 nitrogen and oxygen atoms in total. The zero-order chi connectivity index (χ0) is 20.1. The van der Waals surface area contributed by atoms with Crippen LogP contribution in [0.5, 0.6) is 0 Å². The highest BCUT2D eigenvalue weighted by Gasteiger charge is 2.25. The second-order valence-electron chi connectivity index (χ2n) is 8.40. The molecule has 1 aromatic heterocycles. The predicted octanol–water partition coefficient (Wildman–Crippen LogP) is 3.89. The van der Waals surface area contributed by atoms with Crippen molar-refractivity contribution in [2.24, 2.45) is 0 Å². The van der Waals surface area contributed by atoms with Crippen LogP contribution >= 0.6 is 0 Å². The molecule has 2 fully saturated rings. The van der Waals surface area contributed by atoms with E-state index in [0.29, 0.717) is 17.4 Å². The number of hydrogen-bond donors (Lipinski definition) is 3. The van der Waals surface area contributed by atoms with Gasteiger partial charge in [-0.3, -0.25) is 9.69 Å². The molecule has 3 N–H and O–H groups in total. The maximum atomic E-state index is 12.6. The molecule has 6 heteroatoms. The second kappa shape index (κ2) is 9.35. The number of nitrogens with zero attached hydrogens (tertiary/aromatic N) is 2. The van der Waals surface area contributed by atoms with E-state index in [1.165, 1.54) is 24.8 Å². The number of rotatable bonds is 6. The molecule has 1 atom stereocenters. The van der Waals surface area contributed by atoms with Crippen molar-refractivity contribution in [3.05, 3.63) is 57.6 Å². The lowest BCUT2D eigenvalue weighted by molar-refractivity contribution is 0.196. The molecule has 1 aliphatic carbocycles. The molecule has 1 aliphatic heterocycles. The third kappa shape index (κ3) is 4.93. The summed E-state index contributed by atoms with van der Waals surface area (Å²) in [6.45, 7) is 2.89. The maximum Gasteiger partial charge on any atom is 0.261 e. The van der Waals surface area contributed by atoms with Gasteiger partial charge in [-0.1, -0.05) is 49.6 Å². The van der Waals surface area contributed by atoms with E-state index in [-0.39, 0.29) is 11.5 Å². The summed E-state index contributed by atoms with van der Waals surface area (Å²) >= 11 is 0. The fraction of sp³-hybridized carbons (Fsp3) is 0.522. The van der Waals surface area contributed by atoms with Crippen LogP contribution in [0.25, 0.3) is 0 Å². The predicted molar refractivity (Wildman–Crippen MR) is 117 cm³/mol. The van der Waals surface area contributed by atoms with Crippen LogP contribution in [-0.2, 0) is 6.54 Å². The third-order valence-corrected chi connectivity index (χ3v) is 6.21. The van der Waals surface area contributed by atoms with Crippen LogP contribution in [0.2, 0.25) is 0 Å². The molecule has 1 saturated heterocycles. The highest BCUT2D eigenvalue weighted by molar-refractivity contribution is 5.83. The summed E-state index contributed by atoms with van der Waals surface area (Å²) < 4.78 is 0. The molecule has 0 amide bonds. The number of aromatic amines is 1. The number of aromatic nitrogens is 2.